The van der Waals surface area contributed by atoms with Crippen molar-refractivity contribution in [2.24, 2.45) is 4.99 Å². The van der Waals surface area contributed by atoms with E-state index in [4.69, 9.17) is 0 Å². The number of aliphatic imine (C=N–C) groups is 1. The Hall–Kier alpha value is -1.64. The minimum atomic E-state index is -3.14. The highest BCUT2D eigenvalue weighted by Gasteiger charge is 2.20. The Kier molecular flexibility index (Phi) is 8.34. The molecule has 1 saturated heterocycles. The standard InChI is InChI=1S/C18H31N5O2S/c1-3-26(24,25)21-12-11-20-18(19-2)22-17-9-13-23(14-10-17)15-16-7-5-4-6-8-16/h4-8,17,21H,3,9-15H2,1-2H3,(H2,19,20,22). The zero-order chi connectivity index (χ0) is 18.8. The maximum atomic E-state index is 11.4. The summed E-state index contributed by atoms with van der Waals surface area (Å²) in [5.74, 6) is 0.823. The lowest BCUT2D eigenvalue weighted by Gasteiger charge is -2.33. The van der Waals surface area contributed by atoms with Crippen molar-refractivity contribution in [1.82, 2.24) is 20.3 Å². The highest BCUT2D eigenvalue weighted by atomic mass is 32.2. The molecule has 0 aliphatic carbocycles. The highest BCUT2D eigenvalue weighted by Crippen LogP contribution is 2.13. The highest BCUT2D eigenvalue weighted by molar-refractivity contribution is 7.89. The molecular formula is C18H31N5O2S. The molecule has 0 radical (unpaired) electrons. The molecule has 7 nitrogen and oxygen atoms in total. The number of sulfonamides is 1. The Labute approximate surface area is 157 Å². The van der Waals surface area contributed by atoms with Crippen LogP contribution in [-0.2, 0) is 16.6 Å². The van der Waals surface area contributed by atoms with Crippen LogP contribution in [0.4, 0.5) is 0 Å². The fourth-order valence-electron chi connectivity index (χ4n) is 2.95. The van der Waals surface area contributed by atoms with E-state index >= 15 is 0 Å². The van der Waals surface area contributed by atoms with Gasteiger partial charge in [0.1, 0.15) is 0 Å². The lowest BCUT2D eigenvalue weighted by atomic mass is 10.0. The number of hydrogen-bond donors (Lipinski definition) is 3. The normalized spacial score (nSPS) is 17.2. The molecule has 1 aliphatic rings. The van der Waals surface area contributed by atoms with Gasteiger partial charge in [-0.1, -0.05) is 30.3 Å². The maximum Gasteiger partial charge on any atom is 0.211 e. The average Bonchev–Trinajstić information content (AvgIpc) is 2.66. The summed E-state index contributed by atoms with van der Waals surface area (Å²) in [6.07, 6.45) is 2.13. The SMILES string of the molecule is CCS(=O)(=O)NCCNC(=NC)NC1CCN(Cc2ccccc2)CC1. The fraction of sp³-hybridized carbons (Fsp3) is 0.611. The summed E-state index contributed by atoms with van der Waals surface area (Å²) >= 11 is 0. The number of benzene rings is 1. The second-order valence-electron chi connectivity index (χ2n) is 6.48. The summed E-state index contributed by atoms with van der Waals surface area (Å²) in [6.45, 7) is 5.59. The third-order valence-electron chi connectivity index (χ3n) is 4.52. The van der Waals surface area contributed by atoms with Crippen LogP contribution in [0.2, 0.25) is 0 Å². The van der Waals surface area contributed by atoms with Gasteiger partial charge in [-0.25, -0.2) is 13.1 Å². The molecule has 26 heavy (non-hydrogen) atoms. The largest absolute Gasteiger partial charge is 0.355 e. The Balaban J connectivity index is 1.67. The molecule has 0 unspecified atom stereocenters. The molecule has 3 N–H and O–H groups in total. The topological polar surface area (TPSA) is 85.8 Å². The lowest BCUT2D eigenvalue weighted by Crippen LogP contribution is -2.49. The van der Waals surface area contributed by atoms with Crippen LogP contribution < -0.4 is 15.4 Å². The molecule has 1 aliphatic heterocycles. The van der Waals surface area contributed by atoms with Crippen LogP contribution in [0.15, 0.2) is 35.3 Å². The van der Waals surface area contributed by atoms with Gasteiger partial charge >= 0.3 is 0 Å². The van der Waals surface area contributed by atoms with Gasteiger partial charge in [0.25, 0.3) is 0 Å². The van der Waals surface area contributed by atoms with Crippen molar-refractivity contribution in [3.8, 4) is 0 Å². The number of hydrogen-bond acceptors (Lipinski definition) is 4. The monoisotopic (exact) mass is 381 g/mol. The Morgan fingerprint density at radius 3 is 2.50 bits per heavy atom. The van der Waals surface area contributed by atoms with E-state index in [1.807, 2.05) is 6.07 Å². The van der Waals surface area contributed by atoms with Crippen molar-refractivity contribution in [2.45, 2.75) is 32.4 Å². The zero-order valence-corrected chi connectivity index (χ0v) is 16.6. The van der Waals surface area contributed by atoms with E-state index in [1.54, 1.807) is 14.0 Å². The molecule has 1 aromatic rings. The van der Waals surface area contributed by atoms with E-state index in [0.717, 1.165) is 38.4 Å². The predicted octanol–water partition coefficient (Wildman–Crippen LogP) is 0.755. The van der Waals surface area contributed by atoms with Gasteiger partial charge in [0.2, 0.25) is 10.0 Å². The second-order valence-corrected chi connectivity index (χ2v) is 8.57. The summed E-state index contributed by atoms with van der Waals surface area (Å²) in [5.41, 5.74) is 1.35. The number of likely N-dealkylation sites (tertiary alicyclic amines) is 1. The Bertz CT molecular complexity index is 655. The number of nitrogens with zero attached hydrogens (tertiary/aromatic N) is 2. The first-order chi connectivity index (χ1) is 12.5. The minimum absolute atomic E-state index is 0.0987. The van der Waals surface area contributed by atoms with Gasteiger partial charge in [-0.15, -0.1) is 0 Å². The molecule has 2 rings (SSSR count). The van der Waals surface area contributed by atoms with Gasteiger partial charge in [0.05, 0.1) is 5.75 Å². The Morgan fingerprint density at radius 1 is 1.19 bits per heavy atom. The molecule has 0 spiro atoms. The van der Waals surface area contributed by atoms with E-state index < -0.39 is 10.0 Å². The van der Waals surface area contributed by atoms with Crippen LogP contribution in [0.25, 0.3) is 0 Å². The Morgan fingerprint density at radius 2 is 1.88 bits per heavy atom. The summed E-state index contributed by atoms with van der Waals surface area (Å²) in [6, 6.07) is 10.9. The molecule has 8 heteroatoms. The molecular weight excluding hydrogens is 350 g/mol. The minimum Gasteiger partial charge on any atom is -0.355 e. The smallest absolute Gasteiger partial charge is 0.211 e. The quantitative estimate of drug-likeness (QED) is 0.352. The summed E-state index contributed by atoms with van der Waals surface area (Å²) in [7, 11) is -1.41. The van der Waals surface area contributed by atoms with Crippen LogP contribution in [0, 0.1) is 0 Å². The molecule has 0 bridgehead atoms. The average molecular weight is 382 g/mol. The van der Waals surface area contributed by atoms with E-state index in [1.165, 1.54) is 5.56 Å². The summed E-state index contributed by atoms with van der Waals surface area (Å²) in [5, 5.41) is 6.60. The molecule has 0 aromatic heterocycles. The van der Waals surface area contributed by atoms with E-state index in [0.29, 0.717) is 19.1 Å². The van der Waals surface area contributed by atoms with Crippen molar-refractivity contribution < 1.29 is 8.42 Å². The first-order valence-corrected chi connectivity index (χ1v) is 10.9. The first-order valence-electron chi connectivity index (χ1n) is 9.23. The van der Waals surface area contributed by atoms with Crippen molar-refractivity contribution in [3.05, 3.63) is 35.9 Å². The molecule has 0 saturated carbocycles. The van der Waals surface area contributed by atoms with Crippen molar-refractivity contribution in [3.63, 3.8) is 0 Å². The van der Waals surface area contributed by atoms with E-state index in [9.17, 15) is 8.42 Å². The molecule has 0 atom stereocenters. The fourth-order valence-corrected chi connectivity index (χ4v) is 3.57. The van der Waals surface area contributed by atoms with Crippen LogP contribution >= 0.6 is 0 Å². The lowest BCUT2D eigenvalue weighted by molar-refractivity contribution is 0.198. The molecule has 146 valence electrons. The van der Waals surface area contributed by atoms with Crippen molar-refractivity contribution in [2.75, 3.05) is 39.0 Å². The van der Waals surface area contributed by atoms with Gasteiger partial charge in [-0.2, -0.15) is 0 Å². The number of nitrogens with one attached hydrogen (secondary N) is 3. The first kappa shape index (κ1) is 20.7. The molecule has 1 aromatic carbocycles. The van der Waals surface area contributed by atoms with Gasteiger partial charge in [-0.05, 0) is 25.3 Å². The predicted molar refractivity (Wildman–Crippen MR) is 107 cm³/mol. The molecule has 1 fully saturated rings. The van der Waals surface area contributed by atoms with E-state index in [2.05, 4.69) is 49.5 Å². The molecule has 1 heterocycles. The summed E-state index contributed by atoms with van der Waals surface area (Å²) < 4.78 is 25.3. The number of guanidine groups is 1. The summed E-state index contributed by atoms with van der Waals surface area (Å²) in [4.78, 5) is 6.70. The maximum absolute atomic E-state index is 11.4. The van der Waals surface area contributed by atoms with Crippen molar-refractivity contribution in [1.29, 1.82) is 0 Å². The van der Waals surface area contributed by atoms with Gasteiger partial charge in [0.15, 0.2) is 5.96 Å². The van der Waals surface area contributed by atoms with Crippen LogP contribution in [0.5, 0.6) is 0 Å². The van der Waals surface area contributed by atoms with Crippen LogP contribution in [0.3, 0.4) is 0 Å². The van der Waals surface area contributed by atoms with Gasteiger partial charge < -0.3 is 10.6 Å². The van der Waals surface area contributed by atoms with Gasteiger partial charge in [-0.3, -0.25) is 9.89 Å². The number of rotatable bonds is 8. The van der Waals surface area contributed by atoms with Crippen LogP contribution in [0.1, 0.15) is 25.3 Å². The van der Waals surface area contributed by atoms with Crippen molar-refractivity contribution >= 4 is 16.0 Å². The van der Waals surface area contributed by atoms with Crippen LogP contribution in [-0.4, -0.2) is 64.3 Å². The number of piperidine rings is 1. The third kappa shape index (κ3) is 7.31. The molecule has 0 amide bonds. The van der Waals surface area contributed by atoms with Gasteiger partial charge in [0, 0.05) is 45.8 Å². The second kappa shape index (κ2) is 10.5. The van der Waals surface area contributed by atoms with E-state index in [-0.39, 0.29) is 5.75 Å². The zero-order valence-electron chi connectivity index (χ0n) is 15.7. The third-order valence-corrected chi connectivity index (χ3v) is 5.92.